The molecule has 0 spiro atoms. The van der Waals surface area contributed by atoms with Crippen LogP contribution in [0.1, 0.15) is 22.8 Å². The third-order valence-corrected chi connectivity index (χ3v) is 5.63. The minimum Gasteiger partial charge on any atom is -0.494 e. The average molecular weight is 422 g/mol. The molecule has 0 amide bonds. The van der Waals surface area contributed by atoms with Crippen LogP contribution in [0.2, 0.25) is 0 Å². The normalized spacial score (nSPS) is 14.3. The third kappa shape index (κ3) is 4.06. The number of rotatable bonds is 6. The molecular formula is C23H18O6S. The maximum absolute atomic E-state index is 12.6. The highest BCUT2D eigenvalue weighted by atomic mass is 32.2. The van der Waals surface area contributed by atoms with Gasteiger partial charge < -0.3 is 13.7 Å². The summed E-state index contributed by atoms with van der Waals surface area (Å²) in [5.41, 5.74) is 1.12. The first-order chi connectivity index (χ1) is 14.5. The van der Waals surface area contributed by atoms with Gasteiger partial charge in [-0.2, -0.15) is 8.42 Å². The van der Waals surface area contributed by atoms with Crippen LogP contribution in [0, 0.1) is 0 Å². The summed E-state index contributed by atoms with van der Waals surface area (Å²) in [4.78, 5) is 12.7. The molecule has 0 bridgehead atoms. The van der Waals surface area contributed by atoms with Crippen molar-refractivity contribution >= 4 is 22.0 Å². The van der Waals surface area contributed by atoms with E-state index in [0.29, 0.717) is 12.2 Å². The second-order valence-electron chi connectivity index (χ2n) is 6.45. The molecule has 1 aliphatic heterocycles. The van der Waals surface area contributed by atoms with Crippen LogP contribution in [0.25, 0.3) is 6.08 Å². The third-order valence-electron chi connectivity index (χ3n) is 4.37. The van der Waals surface area contributed by atoms with Crippen molar-refractivity contribution in [1.82, 2.24) is 0 Å². The SMILES string of the molecule is CCOc1ccc(C=C2Oc3cc(OS(=O)(=O)c4ccccc4)ccc3C2=O)cc1. The molecular weight excluding hydrogens is 404 g/mol. The van der Waals surface area contributed by atoms with E-state index in [1.54, 1.807) is 24.3 Å². The van der Waals surface area contributed by atoms with Crippen LogP contribution in [0.4, 0.5) is 0 Å². The molecule has 7 heteroatoms. The van der Waals surface area contributed by atoms with Crippen LogP contribution in [0.3, 0.4) is 0 Å². The Kier molecular flexibility index (Phi) is 5.29. The highest BCUT2D eigenvalue weighted by Crippen LogP contribution is 2.35. The number of benzene rings is 3. The summed E-state index contributed by atoms with van der Waals surface area (Å²) in [6, 6.07) is 19.4. The van der Waals surface area contributed by atoms with Gasteiger partial charge in [0.25, 0.3) is 0 Å². The Morgan fingerprint density at radius 2 is 1.63 bits per heavy atom. The lowest BCUT2D eigenvalue weighted by Gasteiger charge is -2.07. The van der Waals surface area contributed by atoms with Crippen LogP contribution < -0.4 is 13.7 Å². The number of carbonyl (C=O) groups excluding carboxylic acids is 1. The van der Waals surface area contributed by atoms with Gasteiger partial charge in [-0.15, -0.1) is 0 Å². The van der Waals surface area contributed by atoms with Crippen molar-refractivity contribution in [2.75, 3.05) is 6.61 Å². The lowest BCUT2D eigenvalue weighted by Crippen LogP contribution is -2.09. The predicted molar refractivity (Wildman–Crippen MR) is 111 cm³/mol. The Morgan fingerprint density at radius 1 is 0.933 bits per heavy atom. The van der Waals surface area contributed by atoms with E-state index in [-0.39, 0.29) is 27.9 Å². The second-order valence-corrected chi connectivity index (χ2v) is 8.00. The fourth-order valence-electron chi connectivity index (χ4n) is 2.96. The molecule has 0 aromatic heterocycles. The highest BCUT2D eigenvalue weighted by molar-refractivity contribution is 7.87. The van der Waals surface area contributed by atoms with Crippen molar-refractivity contribution in [1.29, 1.82) is 0 Å². The smallest absolute Gasteiger partial charge is 0.339 e. The van der Waals surface area contributed by atoms with Crippen molar-refractivity contribution in [3.63, 3.8) is 0 Å². The van der Waals surface area contributed by atoms with Gasteiger partial charge in [0.05, 0.1) is 12.2 Å². The number of hydrogen-bond acceptors (Lipinski definition) is 6. The zero-order chi connectivity index (χ0) is 21.1. The molecule has 0 N–H and O–H groups in total. The number of carbonyl (C=O) groups is 1. The van der Waals surface area contributed by atoms with E-state index in [4.69, 9.17) is 13.7 Å². The molecule has 152 valence electrons. The van der Waals surface area contributed by atoms with Crippen LogP contribution in [-0.4, -0.2) is 20.8 Å². The maximum Gasteiger partial charge on any atom is 0.339 e. The van der Waals surface area contributed by atoms with E-state index in [1.807, 2.05) is 31.2 Å². The number of ether oxygens (including phenoxy) is 2. The average Bonchev–Trinajstić information content (AvgIpc) is 3.05. The molecule has 0 aliphatic carbocycles. The zero-order valence-corrected chi connectivity index (χ0v) is 16.9. The first-order valence-electron chi connectivity index (χ1n) is 9.27. The predicted octanol–water partition coefficient (Wildman–Crippen LogP) is 4.47. The van der Waals surface area contributed by atoms with Crippen molar-refractivity contribution in [2.24, 2.45) is 0 Å². The fraction of sp³-hybridized carbons (Fsp3) is 0.0870. The summed E-state index contributed by atoms with van der Waals surface area (Å²) in [5, 5.41) is 0. The van der Waals surface area contributed by atoms with Gasteiger partial charge in [0.2, 0.25) is 5.78 Å². The Labute approximate surface area is 174 Å². The van der Waals surface area contributed by atoms with Gasteiger partial charge in [0.1, 0.15) is 22.1 Å². The van der Waals surface area contributed by atoms with E-state index in [0.717, 1.165) is 11.3 Å². The van der Waals surface area contributed by atoms with Crippen molar-refractivity contribution in [2.45, 2.75) is 11.8 Å². The second kappa shape index (κ2) is 8.04. The number of Topliss-reactive ketones (excluding diaryl/α,β-unsaturated/α-hetero) is 1. The molecule has 0 saturated heterocycles. The van der Waals surface area contributed by atoms with Gasteiger partial charge in [-0.1, -0.05) is 30.3 Å². The number of allylic oxidation sites excluding steroid dienone is 1. The van der Waals surface area contributed by atoms with E-state index < -0.39 is 10.1 Å². The molecule has 30 heavy (non-hydrogen) atoms. The molecule has 0 unspecified atom stereocenters. The summed E-state index contributed by atoms with van der Waals surface area (Å²) < 4.78 is 41.0. The number of hydrogen-bond donors (Lipinski definition) is 0. The lowest BCUT2D eigenvalue weighted by molar-refractivity contribution is 0.101. The van der Waals surface area contributed by atoms with Crippen LogP contribution in [-0.2, 0) is 10.1 Å². The van der Waals surface area contributed by atoms with Gasteiger partial charge >= 0.3 is 10.1 Å². The largest absolute Gasteiger partial charge is 0.494 e. The zero-order valence-electron chi connectivity index (χ0n) is 16.1. The molecule has 0 radical (unpaired) electrons. The van der Waals surface area contributed by atoms with E-state index >= 15 is 0 Å². The summed E-state index contributed by atoms with van der Waals surface area (Å²) in [5.74, 6) is 0.919. The highest BCUT2D eigenvalue weighted by Gasteiger charge is 2.28. The Balaban J connectivity index is 1.55. The molecule has 0 saturated carbocycles. The molecule has 0 atom stereocenters. The Morgan fingerprint density at radius 3 is 2.33 bits per heavy atom. The molecule has 6 nitrogen and oxygen atoms in total. The number of fused-ring (bicyclic) bond motifs is 1. The van der Waals surface area contributed by atoms with Crippen molar-refractivity contribution < 1.29 is 26.9 Å². The molecule has 4 rings (SSSR count). The molecule has 3 aromatic carbocycles. The Bertz CT molecular complexity index is 1210. The van der Waals surface area contributed by atoms with Gasteiger partial charge in [-0.05, 0) is 55.0 Å². The first-order valence-corrected chi connectivity index (χ1v) is 10.7. The van der Waals surface area contributed by atoms with Crippen LogP contribution in [0.5, 0.6) is 17.2 Å². The van der Waals surface area contributed by atoms with E-state index in [1.165, 1.54) is 30.3 Å². The van der Waals surface area contributed by atoms with Gasteiger partial charge in [-0.3, -0.25) is 4.79 Å². The Hall–Kier alpha value is -3.58. The maximum atomic E-state index is 12.6. The summed E-state index contributed by atoms with van der Waals surface area (Å²) in [7, 11) is -3.98. The quantitative estimate of drug-likeness (QED) is 0.431. The molecule has 3 aromatic rings. The van der Waals surface area contributed by atoms with E-state index in [2.05, 4.69) is 0 Å². The summed E-state index contributed by atoms with van der Waals surface area (Å²) in [6.45, 7) is 2.48. The minimum absolute atomic E-state index is 0.0403. The van der Waals surface area contributed by atoms with Crippen molar-refractivity contribution in [3.05, 3.63) is 89.7 Å². The number of ketones is 1. The van der Waals surface area contributed by atoms with Gasteiger partial charge in [0, 0.05) is 6.07 Å². The van der Waals surface area contributed by atoms with Crippen molar-refractivity contribution in [3.8, 4) is 17.2 Å². The van der Waals surface area contributed by atoms with Crippen LogP contribution in [0.15, 0.2) is 83.5 Å². The first kappa shape index (κ1) is 19.7. The molecule has 1 aliphatic rings. The molecule has 0 fully saturated rings. The topological polar surface area (TPSA) is 78.9 Å². The summed E-state index contributed by atoms with van der Waals surface area (Å²) >= 11 is 0. The standard InChI is InChI=1S/C23H18O6S/c1-2-27-17-10-8-16(9-11-17)14-22-23(24)20-13-12-18(15-21(20)28-22)29-30(25,26)19-6-4-3-5-7-19/h3-15H,2H2,1H3. The fourth-order valence-corrected chi connectivity index (χ4v) is 3.90. The van der Waals surface area contributed by atoms with Crippen LogP contribution >= 0.6 is 0 Å². The minimum atomic E-state index is -3.98. The lowest BCUT2D eigenvalue weighted by atomic mass is 10.1. The molecule has 1 heterocycles. The van der Waals surface area contributed by atoms with Gasteiger partial charge in [-0.25, -0.2) is 0 Å². The van der Waals surface area contributed by atoms with E-state index in [9.17, 15) is 13.2 Å². The summed E-state index contributed by atoms with van der Waals surface area (Å²) in [6.07, 6.45) is 1.62. The van der Waals surface area contributed by atoms with Gasteiger partial charge in [0.15, 0.2) is 5.76 Å². The monoisotopic (exact) mass is 422 g/mol.